The summed E-state index contributed by atoms with van der Waals surface area (Å²) in [5.74, 6) is -0.0922. The fourth-order valence-corrected chi connectivity index (χ4v) is 2.07. The number of esters is 2. The van der Waals surface area contributed by atoms with Crippen LogP contribution in [0.5, 0.6) is 0 Å². The summed E-state index contributed by atoms with van der Waals surface area (Å²) in [6, 6.07) is 0. The second kappa shape index (κ2) is 9.35. The molecule has 0 saturated heterocycles. The quantitative estimate of drug-likeness (QED) is 0.380. The van der Waals surface area contributed by atoms with Gasteiger partial charge in [0.05, 0.1) is 13.7 Å². The van der Waals surface area contributed by atoms with Crippen LogP contribution in [0.25, 0.3) is 0 Å². The van der Waals surface area contributed by atoms with Gasteiger partial charge in [0.1, 0.15) is 13.3 Å². The molecule has 1 heterocycles. The Bertz CT molecular complexity index is 477. The second-order valence-electron chi connectivity index (χ2n) is 3.93. The maximum Gasteiger partial charge on any atom is 0.377 e. The Labute approximate surface area is 127 Å². The van der Waals surface area contributed by atoms with Crippen LogP contribution in [0, 0.1) is 0 Å². The van der Waals surface area contributed by atoms with Crippen molar-refractivity contribution in [2.24, 2.45) is 0 Å². The second-order valence-corrected chi connectivity index (χ2v) is 5.00. The molecule has 0 radical (unpaired) electrons. The summed E-state index contributed by atoms with van der Waals surface area (Å²) >= 11 is 1.48. The minimum atomic E-state index is -0.591. The van der Waals surface area contributed by atoms with E-state index in [1.807, 2.05) is 6.92 Å². The Balaban J connectivity index is 2.58. The van der Waals surface area contributed by atoms with Crippen molar-refractivity contribution >= 4 is 23.7 Å². The number of rotatable bonds is 9. The van der Waals surface area contributed by atoms with Gasteiger partial charge in [0.25, 0.3) is 5.82 Å². The molecule has 0 unspecified atom stereocenters. The molecule has 0 atom stereocenters. The highest BCUT2D eigenvalue weighted by Crippen LogP contribution is 2.17. The zero-order valence-corrected chi connectivity index (χ0v) is 13.1. The van der Waals surface area contributed by atoms with E-state index in [2.05, 4.69) is 14.8 Å². The number of thioether (sulfide) groups is 1. The smallest absolute Gasteiger partial charge is 0.377 e. The van der Waals surface area contributed by atoms with Gasteiger partial charge in [0, 0.05) is 12.7 Å². The number of hydrogen-bond acceptors (Lipinski definition) is 8. The average Bonchev–Trinajstić information content (AvgIpc) is 2.86. The van der Waals surface area contributed by atoms with Crippen LogP contribution < -0.4 is 0 Å². The first-order valence-corrected chi connectivity index (χ1v) is 7.44. The molecule has 9 heteroatoms. The predicted octanol–water partition coefficient (Wildman–Crippen LogP) is 1.10. The molecule has 0 aliphatic carbocycles. The van der Waals surface area contributed by atoms with Crippen molar-refractivity contribution < 1.29 is 23.8 Å². The van der Waals surface area contributed by atoms with Crippen molar-refractivity contribution in [1.29, 1.82) is 0 Å². The Hall–Kier alpha value is -1.61. The molecule has 0 aromatic carbocycles. The number of aromatic nitrogens is 3. The number of ether oxygens (including phenoxy) is 3. The topological polar surface area (TPSA) is 92.5 Å². The summed E-state index contributed by atoms with van der Waals surface area (Å²) in [6.07, 6.45) is 0.971. The molecule has 0 aliphatic heterocycles. The normalized spacial score (nSPS) is 10.4. The molecule has 21 heavy (non-hydrogen) atoms. The van der Waals surface area contributed by atoms with Gasteiger partial charge in [-0.15, -0.1) is 5.10 Å². The van der Waals surface area contributed by atoms with Crippen molar-refractivity contribution in [1.82, 2.24) is 14.8 Å². The fraction of sp³-hybridized carbons (Fsp3) is 0.667. The lowest BCUT2D eigenvalue weighted by molar-refractivity contribution is -0.143. The Kier molecular flexibility index (Phi) is 7.76. The van der Waals surface area contributed by atoms with Gasteiger partial charge in [-0.25, -0.2) is 9.48 Å². The maximum absolute atomic E-state index is 11.4. The summed E-state index contributed by atoms with van der Waals surface area (Å²) in [4.78, 5) is 26.2. The van der Waals surface area contributed by atoms with E-state index in [1.54, 1.807) is 0 Å². The third-order valence-corrected chi connectivity index (χ3v) is 3.36. The lowest BCUT2D eigenvalue weighted by Gasteiger charge is -2.06. The van der Waals surface area contributed by atoms with Crippen LogP contribution in [0.1, 0.15) is 30.9 Å². The first-order valence-electron chi connectivity index (χ1n) is 6.45. The molecular weight excluding hydrogens is 298 g/mol. The number of nitrogens with zero attached hydrogens (tertiary/aromatic N) is 3. The molecule has 1 aromatic rings. The third-order valence-electron chi connectivity index (χ3n) is 2.19. The van der Waals surface area contributed by atoms with E-state index in [0.29, 0.717) is 5.16 Å². The highest BCUT2D eigenvalue weighted by molar-refractivity contribution is 7.99. The standard InChI is InChI=1S/C12H19N3O5S/c1-4-7-21-12-13-10(11(17)18-3)14-15(12)8-19-5-6-20-9(2)16/h4-8H2,1-3H3. The van der Waals surface area contributed by atoms with Gasteiger partial charge in [-0.05, 0) is 6.42 Å². The van der Waals surface area contributed by atoms with Crippen LogP contribution in [0.3, 0.4) is 0 Å². The predicted molar refractivity (Wildman–Crippen MR) is 75.0 cm³/mol. The zero-order valence-electron chi connectivity index (χ0n) is 12.3. The molecule has 0 aliphatic rings. The molecule has 1 rings (SSSR count). The Morgan fingerprint density at radius 2 is 2.10 bits per heavy atom. The van der Waals surface area contributed by atoms with Gasteiger partial charge in [0.15, 0.2) is 5.16 Å². The van der Waals surface area contributed by atoms with Crippen LogP contribution in [0.4, 0.5) is 0 Å². The van der Waals surface area contributed by atoms with E-state index in [1.165, 1.54) is 30.5 Å². The van der Waals surface area contributed by atoms with Gasteiger partial charge in [0.2, 0.25) is 0 Å². The van der Waals surface area contributed by atoms with E-state index in [-0.39, 0.29) is 31.7 Å². The van der Waals surface area contributed by atoms with E-state index in [0.717, 1.165) is 12.2 Å². The van der Waals surface area contributed by atoms with Crippen molar-refractivity contribution in [3.63, 3.8) is 0 Å². The summed E-state index contributed by atoms with van der Waals surface area (Å²) < 4.78 is 16.2. The Morgan fingerprint density at radius 1 is 1.33 bits per heavy atom. The summed E-state index contributed by atoms with van der Waals surface area (Å²) in [6.45, 7) is 3.91. The molecule has 1 aromatic heterocycles. The lowest BCUT2D eigenvalue weighted by Crippen LogP contribution is -2.12. The van der Waals surface area contributed by atoms with Crippen LogP contribution in [-0.4, -0.2) is 52.8 Å². The third kappa shape index (κ3) is 6.13. The van der Waals surface area contributed by atoms with Crippen LogP contribution in [0.15, 0.2) is 5.16 Å². The largest absolute Gasteiger partial charge is 0.463 e. The summed E-state index contributed by atoms with van der Waals surface area (Å²) in [5, 5.41) is 4.63. The molecule has 0 spiro atoms. The van der Waals surface area contributed by atoms with Crippen molar-refractivity contribution in [2.75, 3.05) is 26.1 Å². The molecule has 8 nitrogen and oxygen atoms in total. The van der Waals surface area contributed by atoms with Crippen molar-refractivity contribution in [3.05, 3.63) is 5.82 Å². The van der Waals surface area contributed by atoms with Crippen molar-refractivity contribution in [3.8, 4) is 0 Å². The van der Waals surface area contributed by atoms with Gasteiger partial charge in [-0.1, -0.05) is 18.7 Å². The first kappa shape index (κ1) is 17.4. The minimum absolute atomic E-state index is 0.000288. The van der Waals surface area contributed by atoms with Crippen LogP contribution in [0.2, 0.25) is 0 Å². The first-order chi connectivity index (χ1) is 10.1. The SMILES string of the molecule is CCCSc1nc(C(=O)OC)nn1COCCOC(C)=O. The van der Waals surface area contributed by atoms with Gasteiger partial charge in [-0.2, -0.15) is 4.98 Å². The van der Waals surface area contributed by atoms with Crippen LogP contribution >= 0.6 is 11.8 Å². The van der Waals surface area contributed by atoms with E-state index >= 15 is 0 Å². The van der Waals surface area contributed by atoms with E-state index in [9.17, 15) is 9.59 Å². The number of carbonyl (C=O) groups excluding carboxylic acids is 2. The Morgan fingerprint density at radius 3 is 2.71 bits per heavy atom. The highest BCUT2D eigenvalue weighted by Gasteiger charge is 2.17. The molecular formula is C12H19N3O5S. The van der Waals surface area contributed by atoms with E-state index in [4.69, 9.17) is 9.47 Å². The molecule has 118 valence electrons. The molecule has 0 N–H and O–H groups in total. The average molecular weight is 317 g/mol. The number of hydrogen-bond donors (Lipinski definition) is 0. The van der Waals surface area contributed by atoms with Gasteiger partial charge < -0.3 is 14.2 Å². The molecule has 0 bridgehead atoms. The van der Waals surface area contributed by atoms with Gasteiger partial charge >= 0.3 is 11.9 Å². The van der Waals surface area contributed by atoms with Gasteiger partial charge in [-0.3, -0.25) is 4.79 Å². The van der Waals surface area contributed by atoms with Crippen molar-refractivity contribution in [2.45, 2.75) is 32.2 Å². The highest BCUT2D eigenvalue weighted by atomic mass is 32.2. The number of methoxy groups -OCH3 is 1. The molecule has 0 saturated carbocycles. The zero-order chi connectivity index (χ0) is 15.7. The van der Waals surface area contributed by atoms with E-state index < -0.39 is 5.97 Å². The lowest BCUT2D eigenvalue weighted by atomic mass is 10.6. The maximum atomic E-state index is 11.4. The summed E-state index contributed by atoms with van der Waals surface area (Å²) in [7, 11) is 1.28. The fourth-order valence-electron chi connectivity index (χ4n) is 1.29. The van der Waals surface area contributed by atoms with Crippen LogP contribution in [-0.2, 0) is 25.7 Å². The molecule has 0 amide bonds. The minimum Gasteiger partial charge on any atom is -0.463 e. The molecule has 0 fully saturated rings. The summed E-state index contributed by atoms with van der Waals surface area (Å²) in [5.41, 5.74) is 0. The number of carbonyl (C=O) groups is 2. The monoisotopic (exact) mass is 317 g/mol.